The minimum Gasteiger partial charge on any atom is -0.308 e. The van der Waals surface area contributed by atoms with Gasteiger partial charge >= 0.3 is 0 Å². The number of nitrogens with zero attached hydrogens (tertiary/aromatic N) is 5. The fourth-order valence-electron chi connectivity index (χ4n) is 9.23. The summed E-state index contributed by atoms with van der Waals surface area (Å²) in [5, 5.41) is 10.0. The van der Waals surface area contributed by atoms with E-state index in [1.165, 1.54) is 69.0 Å². The molecule has 6 heteroatoms. The molecule has 0 amide bonds. The molecule has 0 aliphatic heterocycles. The van der Waals surface area contributed by atoms with E-state index in [2.05, 4.69) is 148 Å². The minimum absolute atomic E-state index is 0.640. The molecule has 0 aliphatic rings. The van der Waals surface area contributed by atoms with Crippen molar-refractivity contribution in [3.63, 3.8) is 0 Å². The second-order valence-corrected chi connectivity index (χ2v) is 15.9. The van der Waals surface area contributed by atoms with Crippen LogP contribution in [0.5, 0.6) is 0 Å². The number of aromatic nitrogens is 5. The van der Waals surface area contributed by atoms with Crippen LogP contribution in [0, 0.1) is 0 Å². The van der Waals surface area contributed by atoms with Gasteiger partial charge in [-0.1, -0.05) is 133 Å². The Balaban J connectivity index is 1.16. The molecule has 0 fully saturated rings. The monoisotopic (exact) mass is 743 g/mol. The van der Waals surface area contributed by atoms with E-state index < -0.39 is 0 Å². The molecule has 8 aromatic carbocycles. The van der Waals surface area contributed by atoms with Crippen LogP contribution in [0.15, 0.2) is 176 Å². The van der Waals surface area contributed by atoms with Crippen molar-refractivity contribution >= 4 is 91.4 Å². The summed E-state index contributed by atoms with van der Waals surface area (Å²) in [7, 11) is 0. The van der Waals surface area contributed by atoms with Gasteiger partial charge in [0, 0.05) is 69.2 Å². The van der Waals surface area contributed by atoms with Gasteiger partial charge < -0.3 is 8.97 Å². The Bertz CT molecular complexity index is 3690. The highest BCUT2D eigenvalue weighted by Gasteiger charge is 2.23. The molecule has 57 heavy (non-hydrogen) atoms. The summed E-state index contributed by atoms with van der Waals surface area (Å²) in [4.78, 5) is 15.4. The average molecular weight is 744 g/mol. The lowest BCUT2D eigenvalue weighted by Gasteiger charge is -2.14. The predicted octanol–water partition coefficient (Wildman–Crippen LogP) is 13.5. The van der Waals surface area contributed by atoms with Crippen molar-refractivity contribution in [2.24, 2.45) is 0 Å². The molecule has 0 radical (unpaired) electrons. The van der Waals surface area contributed by atoms with Crippen LogP contribution in [0.3, 0.4) is 0 Å². The van der Waals surface area contributed by atoms with Gasteiger partial charge in [0.05, 0.1) is 33.3 Å². The van der Waals surface area contributed by atoms with Gasteiger partial charge in [-0.3, -0.25) is 0 Å². The highest BCUT2D eigenvalue weighted by molar-refractivity contribution is 7.26. The normalized spacial score (nSPS) is 12.2. The molecule has 264 valence electrons. The van der Waals surface area contributed by atoms with Crippen LogP contribution in [0.25, 0.3) is 120 Å². The summed E-state index contributed by atoms with van der Waals surface area (Å²) in [5.41, 5.74) is 9.98. The van der Waals surface area contributed by atoms with E-state index in [4.69, 9.17) is 15.0 Å². The molecule has 0 unspecified atom stereocenters. The van der Waals surface area contributed by atoms with E-state index in [9.17, 15) is 0 Å². The lowest BCUT2D eigenvalue weighted by molar-refractivity contribution is 1.07. The Labute approximate surface area is 329 Å². The molecule has 0 saturated carbocycles. The summed E-state index contributed by atoms with van der Waals surface area (Å²) in [6.07, 6.45) is 0. The van der Waals surface area contributed by atoms with Gasteiger partial charge in [-0.15, -0.1) is 11.3 Å². The molecule has 5 nitrogen and oxygen atoms in total. The van der Waals surface area contributed by atoms with Crippen LogP contribution in [0.2, 0.25) is 0 Å². The van der Waals surface area contributed by atoms with Crippen molar-refractivity contribution in [3.8, 4) is 39.9 Å². The first-order valence-electron chi connectivity index (χ1n) is 19.2. The number of thiophene rings is 1. The third kappa shape index (κ3) is 4.36. The molecule has 0 atom stereocenters. The molecule has 0 saturated heterocycles. The molecule has 0 N–H and O–H groups in total. The van der Waals surface area contributed by atoms with Gasteiger partial charge in [0.15, 0.2) is 17.5 Å². The van der Waals surface area contributed by atoms with Crippen molar-refractivity contribution in [1.82, 2.24) is 23.9 Å². The molecular weight excluding hydrogens is 715 g/mol. The van der Waals surface area contributed by atoms with Gasteiger partial charge in [0.2, 0.25) is 0 Å². The van der Waals surface area contributed by atoms with Gasteiger partial charge in [-0.2, -0.15) is 0 Å². The number of hydrogen-bond acceptors (Lipinski definition) is 4. The Kier molecular flexibility index (Phi) is 6.26. The van der Waals surface area contributed by atoms with E-state index >= 15 is 0 Å². The van der Waals surface area contributed by atoms with Crippen LogP contribution in [0.4, 0.5) is 0 Å². The SMILES string of the molecule is c1ccc(-c2nc(-c3ccccc3)nc(-c3cc(-n4c5ccccc5c5cc6c7cccc8c9ccccc9n(c6cc54)c87)c4c(c3)sc3ccccc34)n2)cc1. The van der Waals surface area contributed by atoms with Crippen molar-refractivity contribution in [1.29, 1.82) is 0 Å². The fourth-order valence-corrected chi connectivity index (χ4v) is 10.4. The van der Waals surface area contributed by atoms with Crippen molar-refractivity contribution < 1.29 is 0 Å². The molecule has 13 rings (SSSR count). The lowest BCUT2D eigenvalue weighted by atomic mass is 10.1. The summed E-state index contributed by atoms with van der Waals surface area (Å²) in [6.45, 7) is 0. The van der Waals surface area contributed by atoms with Crippen molar-refractivity contribution in [2.45, 2.75) is 0 Å². The van der Waals surface area contributed by atoms with Crippen LogP contribution in [-0.4, -0.2) is 23.9 Å². The summed E-state index contributed by atoms with van der Waals surface area (Å²) >= 11 is 1.82. The highest BCUT2D eigenvalue weighted by atomic mass is 32.1. The lowest BCUT2D eigenvalue weighted by Crippen LogP contribution is -2.01. The summed E-state index contributed by atoms with van der Waals surface area (Å²) in [6, 6.07) is 63.0. The number of rotatable bonds is 4. The Morgan fingerprint density at radius 3 is 1.61 bits per heavy atom. The van der Waals surface area contributed by atoms with E-state index in [0.717, 1.165) is 33.4 Å². The molecule has 0 aliphatic carbocycles. The Morgan fingerprint density at radius 1 is 0.351 bits per heavy atom. The molecule has 13 aromatic rings. The van der Waals surface area contributed by atoms with Crippen molar-refractivity contribution in [3.05, 3.63) is 176 Å². The van der Waals surface area contributed by atoms with Crippen molar-refractivity contribution in [2.75, 3.05) is 0 Å². The maximum absolute atomic E-state index is 5.19. The zero-order valence-corrected chi connectivity index (χ0v) is 31.2. The van der Waals surface area contributed by atoms with E-state index in [0.29, 0.717) is 17.5 Å². The molecule has 5 heterocycles. The van der Waals surface area contributed by atoms with Crippen LogP contribution in [0.1, 0.15) is 0 Å². The number of benzene rings is 8. The Morgan fingerprint density at radius 2 is 0.895 bits per heavy atom. The average Bonchev–Trinajstić information content (AvgIpc) is 4.01. The standard InChI is InChI=1S/C51H29N5S/c1-3-14-30(15-4-1)49-52-50(31-16-5-2-6-17-31)54-51(53-49)32-26-44(47-37-20-9-12-25-45(37)57-46(47)27-32)55-40-23-10-8-19-34(40)38-28-39-36-22-13-21-35-33-18-7-11-24-41(33)56(48(35)36)43(39)29-42(38)55/h1-29H. The van der Waals surface area contributed by atoms with Gasteiger partial charge in [-0.05, 0) is 42.5 Å². The number of para-hydroxylation sites is 3. The first kappa shape index (κ1) is 30.9. The van der Waals surface area contributed by atoms with E-state index in [-0.39, 0.29) is 0 Å². The third-order valence-electron chi connectivity index (χ3n) is 11.7. The van der Waals surface area contributed by atoms with Crippen LogP contribution in [-0.2, 0) is 0 Å². The maximum atomic E-state index is 5.19. The molecule has 0 bridgehead atoms. The Hall–Kier alpha value is -7.41. The first-order valence-corrected chi connectivity index (χ1v) is 20.0. The molecule has 5 aromatic heterocycles. The molecular formula is C51H29N5S. The topological polar surface area (TPSA) is 48.0 Å². The molecule has 0 spiro atoms. The first-order chi connectivity index (χ1) is 28.3. The third-order valence-corrected chi connectivity index (χ3v) is 12.8. The highest BCUT2D eigenvalue weighted by Crippen LogP contribution is 2.46. The van der Waals surface area contributed by atoms with Gasteiger partial charge in [0.1, 0.15) is 0 Å². The summed E-state index contributed by atoms with van der Waals surface area (Å²) in [5.74, 6) is 1.94. The smallest absolute Gasteiger partial charge is 0.164 e. The van der Waals surface area contributed by atoms with Crippen LogP contribution >= 0.6 is 11.3 Å². The quantitative estimate of drug-likeness (QED) is 0.180. The maximum Gasteiger partial charge on any atom is 0.164 e. The minimum atomic E-state index is 0.640. The van der Waals surface area contributed by atoms with Gasteiger partial charge in [0.25, 0.3) is 0 Å². The fraction of sp³-hybridized carbons (Fsp3) is 0. The van der Waals surface area contributed by atoms with E-state index in [1.54, 1.807) is 0 Å². The van der Waals surface area contributed by atoms with E-state index in [1.807, 2.05) is 47.7 Å². The number of fused-ring (bicyclic) bond motifs is 12. The van der Waals surface area contributed by atoms with Crippen LogP contribution < -0.4 is 0 Å². The van der Waals surface area contributed by atoms with Gasteiger partial charge in [-0.25, -0.2) is 15.0 Å². The number of hydrogen-bond donors (Lipinski definition) is 0. The second-order valence-electron chi connectivity index (χ2n) is 14.8. The summed E-state index contributed by atoms with van der Waals surface area (Å²) < 4.78 is 7.39. The predicted molar refractivity (Wildman–Crippen MR) is 238 cm³/mol. The zero-order valence-electron chi connectivity index (χ0n) is 30.4. The largest absolute Gasteiger partial charge is 0.308 e. The second kappa shape index (κ2) is 11.6. The zero-order chi connectivity index (χ0) is 37.2.